The summed E-state index contributed by atoms with van der Waals surface area (Å²) in [5.74, 6) is -0.494. The highest BCUT2D eigenvalue weighted by atomic mass is 32.1. The molecule has 0 aliphatic carbocycles. The molecule has 0 bridgehead atoms. The first-order chi connectivity index (χ1) is 12.0. The fraction of sp³-hybridized carbons (Fsp3) is 0.667. The van der Waals surface area contributed by atoms with E-state index in [1.54, 1.807) is 9.80 Å². The SMILES string of the molecule is Cc1nnc(N2CC(C(=O)N3CCC4(CC3)COC(=O)O4)CC2=O)s1. The van der Waals surface area contributed by atoms with Gasteiger partial charge in [-0.3, -0.25) is 14.5 Å². The Morgan fingerprint density at radius 2 is 2.04 bits per heavy atom. The summed E-state index contributed by atoms with van der Waals surface area (Å²) < 4.78 is 10.2. The first kappa shape index (κ1) is 16.2. The van der Waals surface area contributed by atoms with Crippen LogP contribution >= 0.6 is 11.3 Å². The zero-order valence-corrected chi connectivity index (χ0v) is 14.6. The van der Waals surface area contributed by atoms with E-state index >= 15 is 0 Å². The topological polar surface area (TPSA) is 102 Å². The predicted molar refractivity (Wildman–Crippen MR) is 86.1 cm³/mol. The van der Waals surface area contributed by atoms with Gasteiger partial charge in [-0.1, -0.05) is 11.3 Å². The summed E-state index contributed by atoms with van der Waals surface area (Å²) in [6.45, 7) is 3.41. The third-order valence-corrected chi connectivity index (χ3v) is 5.82. The van der Waals surface area contributed by atoms with E-state index in [1.807, 2.05) is 6.92 Å². The van der Waals surface area contributed by atoms with Gasteiger partial charge in [-0.15, -0.1) is 10.2 Å². The van der Waals surface area contributed by atoms with E-state index in [4.69, 9.17) is 9.47 Å². The maximum absolute atomic E-state index is 12.8. The minimum atomic E-state index is -0.635. The summed E-state index contributed by atoms with van der Waals surface area (Å²) in [6.07, 6.45) is 0.677. The standard InChI is InChI=1S/C15H18N4O5S/c1-9-16-17-13(25-9)19-7-10(6-11(19)20)12(21)18-4-2-15(3-5-18)8-23-14(22)24-15/h10H,2-8H2,1H3. The normalized spacial score (nSPS) is 25.4. The number of amides is 2. The van der Waals surface area contributed by atoms with Gasteiger partial charge in [-0.05, 0) is 6.92 Å². The molecule has 134 valence electrons. The van der Waals surface area contributed by atoms with Crippen LogP contribution < -0.4 is 4.90 Å². The van der Waals surface area contributed by atoms with Crippen LogP contribution in [0.15, 0.2) is 0 Å². The van der Waals surface area contributed by atoms with Gasteiger partial charge < -0.3 is 14.4 Å². The molecule has 1 aromatic heterocycles. The summed E-state index contributed by atoms with van der Waals surface area (Å²) in [5, 5.41) is 9.26. The lowest BCUT2D eigenvalue weighted by Crippen LogP contribution is -2.49. The molecule has 3 aliphatic heterocycles. The molecular formula is C15H18N4O5S. The van der Waals surface area contributed by atoms with Crippen molar-refractivity contribution < 1.29 is 23.9 Å². The molecule has 0 radical (unpaired) electrons. The lowest BCUT2D eigenvalue weighted by Gasteiger charge is -2.37. The summed E-state index contributed by atoms with van der Waals surface area (Å²) in [5.41, 5.74) is -0.588. The Balaban J connectivity index is 1.37. The third kappa shape index (κ3) is 2.94. The average Bonchev–Trinajstić information content (AvgIpc) is 3.27. The van der Waals surface area contributed by atoms with E-state index in [9.17, 15) is 14.4 Å². The van der Waals surface area contributed by atoms with Gasteiger partial charge in [-0.25, -0.2) is 4.79 Å². The highest BCUT2D eigenvalue weighted by molar-refractivity contribution is 7.15. The first-order valence-electron chi connectivity index (χ1n) is 8.21. The van der Waals surface area contributed by atoms with E-state index in [1.165, 1.54) is 11.3 Å². The molecular weight excluding hydrogens is 348 g/mol. The predicted octanol–water partition coefficient (Wildman–Crippen LogP) is 0.727. The van der Waals surface area contributed by atoms with Crippen LogP contribution in [-0.2, 0) is 19.1 Å². The lowest BCUT2D eigenvalue weighted by molar-refractivity contribution is -0.139. The van der Waals surface area contributed by atoms with E-state index in [0.29, 0.717) is 37.6 Å². The molecule has 2 amide bonds. The van der Waals surface area contributed by atoms with Crippen LogP contribution in [0.2, 0.25) is 0 Å². The minimum absolute atomic E-state index is 0.0304. The summed E-state index contributed by atoms with van der Waals surface area (Å²) in [4.78, 5) is 39.5. The van der Waals surface area contributed by atoms with Gasteiger partial charge in [0.2, 0.25) is 16.9 Å². The van der Waals surface area contributed by atoms with Gasteiger partial charge in [0.15, 0.2) is 5.60 Å². The van der Waals surface area contributed by atoms with Crippen LogP contribution in [0.5, 0.6) is 0 Å². The number of hydrogen-bond donors (Lipinski definition) is 0. The summed E-state index contributed by atoms with van der Waals surface area (Å²) in [7, 11) is 0. The molecule has 3 saturated heterocycles. The number of aryl methyl sites for hydroxylation is 1. The molecule has 3 aliphatic rings. The molecule has 9 nitrogen and oxygen atoms in total. The number of nitrogens with zero attached hydrogens (tertiary/aromatic N) is 4. The quantitative estimate of drug-likeness (QED) is 0.711. The Bertz CT molecular complexity index is 727. The molecule has 3 fully saturated rings. The van der Waals surface area contributed by atoms with Crippen molar-refractivity contribution in [1.29, 1.82) is 0 Å². The van der Waals surface area contributed by atoms with Crippen molar-refractivity contribution >= 4 is 34.4 Å². The molecule has 25 heavy (non-hydrogen) atoms. The molecule has 0 aromatic carbocycles. The zero-order chi connectivity index (χ0) is 17.6. The first-order valence-corrected chi connectivity index (χ1v) is 9.02. The maximum Gasteiger partial charge on any atom is 0.509 e. The summed E-state index contributed by atoms with van der Waals surface area (Å²) in [6, 6.07) is 0. The Hall–Kier alpha value is -2.23. The van der Waals surface area contributed by atoms with Crippen molar-refractivity contribution in [2.24, 2.45) is 5.92 Å². The van der Waals surface area contributed by atoms with Crippen molar-refractivity contribution in [2.45, 2.75) is 31.8 Å². The molecule has 10 heteroatoms. The molecule has 1 spiro atoms. The van der Waals surface area contributed by atoms with Crippen molar-refractivity contribution in [3.63, 3.8) is 0 Å². The van der Waals surface area contributed by atoms with Crippen molar-refractivity contribution in [2.75, 3.05) is 31.1 Å². The summed E-state index contributed by atoms with van der Waals surface area (Å²) >= 11 is 1.35. The van der Waals surface area contributed by atoms with Crippen LogP contribution in [0, 0.1) is 12.8 Å². The molecule has 1 aromatic rings. The van der Waals surface area contributed by atoms with Gasteiger partial charge in [0, 0.05) is 38.9 Å². The largest absolute Gasteiger partial charge is 0.509 e. The highest BCUT2D eigenvalue weighted by Gasteiger charge is 2.47. The molecule has 4 rings (SSSR count). The Morgan fingerprint density at radius 3 is 2.64 bits per heavy atom. The van der Waals surface area contributed by atoms with Gasteiger partial charge in [0.1, 0.15) is 11.6 Å². The molecule has 0 saturated carbocycles. The second-order valence-corrected chi connectivity index (χ2v) is 7.82. The van der Waals surface area contributed by atoms with Crippen LogP contribution in [0.25, 0.3) is 0 Å². The zero-order valence-electron chi connectivity index (χ0n) is 13.8. The average molecular weight is 366 g/mol. The molecule has 1 unspecified atom stereocenters. The molecule has 0 N–H and O–H groups in total. The number of cyclic esters (lactones) is 1. The van der Waals surface area contributed by atoms with Crippen LogP contribution in [0.3, 0.4) is 0 Å². The Morgan fingerprint density at radius 1 is 1.28 bits per heavy atom. The van der Waals surface area contributed by atoms with Crippen molar-refractivity contribution in [3.8, 4) is 0 Å². The fourth-order valence-electron chi connectivity index (χ4n) is 3.52. The smallest absolute Gasteiger partial charge is 0.430 e. The second kappa shape index (κ2) is 5.94. The van der Waals surface area contributed by atoms with Gasteiger partial charge >= 0.3 is 6.16 Å². The number of rotatable bonds is 2. The van der Waals surface area contributed by atoms with Crippen LogP contribution in [0.1, 0.15) is 24.3 Å². The van der Waals surface area contributed by atoms with Crippen LogP contribution in [0.4, 0.5) is 9.93 Å². The monoisotopic (exact) mass is 366 g/mol. The fourth-order valence-corrected chi connectivity index (χ4v) is 4.23. The maximum atomic E-state index is 12.8. The van der Waals surface area contributed by atoms with Crippen molar-refractivity contribution in [3.05, 3.63) is 5.01 Å². The molecule has 4 heterocycles. The van der Waals surface area contributed by atoms with E-state index in [-0.39, 0.29) is 30.8 Å². The van der Waals surface area contributed by atoms with E-state index in [2.05, 4.69) is 10.2 Å². The van der Waals surface area contributed by atoms with Crippen LogP contribution in [-0.4, -0.2) is 64.9 Å². The number of carbonyl (C=O) groups excluding carboxylic acids is 3. The second-order valence-electron chi connectivity index (χ2n) is 6.66. The number of carbonyl (C=O) groups is 3. The van der Waals surface area contributed by atoms with E-state index < -0.39 is 11.8 Å². The number of likely N-dealkylation sites (tertiary alicyclic amines) is 1. The lowest BCUT2D eigenvalue weighted by atomic mass is 9.91. The number of anilines is 1. The Kier molecular flexibility index (Phi) is 3.86. The molecule has 1 atom stereocenters. The Labute approximate surface area is 147 Å². The number of aromatic nitrogens is 2. The minimum Gasteiger partial charge on any atom is -0.430 e. The van der Waals surface area contributed by atoms with Crippen molar-refractivity contribution in [1.82, 2.24) is 15.1 Å². The highest BCUT2D eigenvalue weighted by Crippen LogP contribution is 2.33. The van der Waals surface area contributed by atoms with Gasteiger partial charge in [0.25, 0.3) is 0 Å². The number of piperidine rings is 1. The van der Waals surface area contributed by atoms with Gasteiger partial charge in [0.05, 0.1) is 5.92 Å². The number of ether oxygens (including phenoxy) is 2. The number of hydrogen-bond acceptors (Lipinski definition) is 8. The van der Waals surface area contributed by atoms with Gasteiger partial charge in [-0.2, -0.15) is 0 Å². The van der Waals surface area contributed by atoms with E-state index in [0.717, 1.165) is 5.01 Å². The third-order valence-electron chi connectivity index (χ3n) is 4.96.